The van der Waals surface area contributed by atoms with Crippen LogP contribution < -0.4 is 4.74 Å². The fraction of sp³-hybridized carbons (Fsp3) is 0.185. The number of aryl methyl sites for hydroxylation is 2. The van der Waals surface area contributed by atoms with Crippen molar-refractivity contribution in [1.82, 2.24) is 9.88 Å². The first-order valence-electron chi connectivity index (χ1n) is 11.1. The highest BCUT2D eigenvalue weighted by atomic mass is 32.2. The van der Waals surface area contributed by atoms with Crippen LogP contribution in [-0.4, -0.2) is 34.6 Å². The Kier molecular flexibility index (Phi) is 6.02. The largest absolute Gasteiger partial charge is 0.497 e. The average molecular weight is 472 g/mol. The number of amidine groups is 1. The number of aromatic amines is 1. The molecule has 0 saturated carbocycles. The molecule has 1 N–H and O–H groups in total. The summed E-state index contributed by atoms with van der Waals surface area (Å²) in [4.78, 5) is 24.0. The zero-order chi connectivity index (χ0) is 23.7. The van der Waals surface area contributed by atoms with Crippen molar-refractivity contribution in [3.63, 3.8) is 0 Å². The summed E-state index contributed by atoms with van der Waals surface area (Å²) in [6, 6.07) is 17.7. The van der Waals surface area contributed by atoms with E-state index in [4.69, 9.17) is 14.1 Å². The minimum Gasteiger partial charge on any atom is -0.497 e. The second-order valence-corrected chi connectivity index (χ2v) is 9.15. The molecular weight excluding hydrogens is 446 g/mol. The van der Waals surface area contributed by atoms with E-state index in [0.717, 1.165) is 40.5 Å². The number of carbonyl (C=O) groups is 1. The lowest BCUT2D eigenvalue weighted by Gasteiger charge is -2.15. The Balaban J connectivity index is 1.46. The maximum Gasteiger partial charge on any atom is 0.266 e. The van der Waals surface area contributed by atoms with Gasteiger partial charge in [-0.3, -0.25) is 9.69 Å². The van der Waals surface area contributed by atoms with Gasteiger partial charge in [-0.2, -0.15) is 0 Å². The molecule has 2 aromatic carbocycles. The zero-order valence-corrected chi connectivity index (χ0v) is 20.1. The number of aromatic nitrogens is 1. The Morgan fingerprint density at radius 1 is 1.15 bits per heavy atom. The van der Waals surface area contributed by atoms with Crippen molar-refractivity contribution in [2.45, 2.75) is 20.3 Å². The molecule has 0 aliphatic carbocycles. The predicted molar refractivity (Wildman–Crippen MR) is 138 cm³/mol. The maximum atomic E-state index is 13.4. The van der Waals surface area contributed by atoms with Gasteiger partial charge in [-0.05, 0) is 80.1 Å². The second-order valence-electron chi connectivity index (χ2n) is 8.14. The molecule has 1 amide bonds. The standard InChI is InChI=1S/C27H25N3O3S/c1-17-14-20(18(2)33-17)15-25-26(31)30(13-12-19-16-28-24-7-5-4-6-23(19)24)27(34-25)29-21-8-10-22(32-3)11-9-21/h4-11,14-16,28H,12-13H2,1-3H3/b25-15-,29-27?. The number of thioether (sulfide) groups is 1. The number of nitrogens with one attached hydrogen (secondary N) is 1. The van der Waals surface area contributed by atoms with Crippen LogP contribution in [0.4, 0.5) is 5.69 Å². The molecule has 0 bridgehead atoms. The third kappa shape index (κ3) is 4.39. The first-order chi connectivity index (χ1) is 16.5. The Morgan fingerprint density at radius 3 is 2.68 bits per heavy atom. The molecule has 0 spiro atoms. The molecule has 1 saturated heterocycles. The summed E-state index contributed by atoms with van der Waals surface area (Å²) >= 11 is 1.39. The van der Waals surface area contributed by atoms with Crippen LogP contribution >= 0.6 is 11.8 Å². The molecule has 0 unspecified atom stereocenters. The van der Waals surface area contributed by atoms with Gasteiger partial charge in [0.05, 0.1) is 17.7 Å². The van der Waals surface area contributed by atoms with Crippen LogP contribution in [0.2, 0.25) is 0 Å². The van der Waals surface area contributed by atoms with E-state index in [9.17, 15) is 4.79 Å². The summed E-state index contributed by atoms with van der Waals surface area (Å²) in [5.74, 6) is 2.34. The van der Waals surface area contributed by atoms with Crippen molar-refractivity contribution < 1.29 is 13.9 Å². The number of benzene rings is 2. The van der Waals surface area contributed by atoms with Crippen molar-refractivity contribution in [3.8, 4) is 5.75 Å². The summed E-state index contributed by atoms with van der Waals surface area (Å²) in [5, 5.41) is 1.84. The number of fused-ring (bicyclic) bond motifs is 1. The van der Waals surface area contributed by atoms with Crippen LogP contribution in [-0.2, 0) is 11.2 Å². The van der Waals surface area contributed by atoms with Crippen molar-refractivity contribution in [2.24, 2.45) is 4.99 Å². The van der Waals surface area contributed by atoms with Crippen LogP contribution in [0.15, 0.2) is 75.1 Å². The molecule has 6 nitrogen and oxygen atoms in total. The highest BCUT2D eigenvalue weighted by molar-refractivity contribution is 8.18. The number of H-pyrrole nitrogens is 1. The number of ether oxygens (including phenoxy) is 1. The number of para-hydroxylation sites is 1. The minimum absolute atomic E-state index is 0.0460. The number of hydrogen-bond acceptors (Lipinski definition) is 5. The van der Waals surface area contributed by atoms with E-state index in [1.165, 1.54) is 22.7 Å². The van der Waals surface area contributed by atoms with E-state index in [1.807, 2.05) is 68.6 Å². The van der Waals surface area contributed by atoms with Crippen molar-refractivity contribution in [2.75, 3.05) is 13.7 Å². The van der Waals surface area contributed by atoms with Crippen molar-refractivity contribution in [3.05, 3.63) is 88.3 Å². The molecule has 5 rings (SSSR count). The smallest absolute Gasteiger partial charge is 0.266 e. The van der Waals surface area contributed by atoms with Crippen LogP contribution in [0.5, 0.6) is 5.75 Å². The summed E-state index contributed by atoms with van der Waals surface area (Å²) in [5.41, 5.74) is 3.95. The number of carbonyl (C=O) groups excluding carboxylic acids is 1. The number of nitrogens with zero attached hydrogens (tertiary/aromatic N) is 2. The van der Waals surface area contributed by atoms with Crippen LogP contribution in [0.1, 0.15) is 22.6 Å². The van der Waals surface area contributed by atoms with E-state index in [-0.39, 0.29) is 5.91 Å². The van der Waals surface area contributed by atoms with E-state index in [1.54, 1.807) is 12.0 Å². The molecule has 3 heterocycles. The Morgan fingerprint density at radius 2 is 1.94 bits per heavy atom. The van der Waals surface area contributed by atoms with Crippen LogP contribution in [0.25, 0.3) is 17.0 Å². The minimum atomic E-state index is -0.0460. The van der Waals surface area contributed by atoms with E-state index in [0.29, 0.717) is 16.6 Å². The maximum absolute atomic E-state index is 13.4. The third-order valence-electron chi connectivity index (χ3n) is 5.83. The molecule has 1 aliphatic rings. The topological polar surface area (TPSA) is 70.8 Å². The van der Waals surface area contributed by atoms with Crippen molar-refractivity contribution >= 4 is 45.5 Å². The number of aliphatic imine (C=N–C) groups is 1. The van der Waals surface area contributed by atoms with Gasteiger partial charge in [0, 0.05) is 29.2 Å². The van der Waals surface area contributed by atoms with E-state index < -0.39 is 0 Å². The molecule has 7 heteroatoms. The molecule has 1 fully saturated rings. The lowest BCUT2D eigenvalue weighted by molar-refractivity contribution is -0.122. The third-order valence-corrected chi connectivity index (χ3v) is 6.84. The fourth-order valence-electron chi connectivity index (χ4n) is 4.06. The van der Waals surface area contributed by atoms with Gasteiger partial charge in [0.15, 0.2) is 5.17 Å². The second kappa shape index (κ2) is 9.27. The number of hydrogen-bond donors (Lipinski definition) is 1. The van der Waals surface area contributed by atoms with E-state index >= 15 is 0 Å². The molecule has 4 aromatic rings. The fourth-order valence-corrected chi connectivity index (χ4v) is 5.08. The predicted octanol–water partition coefficient (Wildman–Crippen LogP) is 6.23. The highest BCUT2D eigenvalue weighted by Crippen LogP contribution is 2.35. The summed E-state index contributed by atoms with van der Waals surface area (Å²) in [7, 11) is 1.63. The normalized spacial score (nSPS) is 16.3. The van der Waals surface area contributed by atoms with Crippen molar-refractivity contribution in [1.29, 1.82) is 0 Å². The quantitative estimate of drug-likeness (QED) is 0.338. The van der Waals surface area contributed by atoms with Gasteiger partial charge in [-0.15, -0.1) is 0 Å². The summed E-state index contributed by atoms with van der Waals surface area (Å²) in [6.45, 7) is 4.34. The molecule has 172 valence electrons. The van der Waals surface area contributed by atoms with Gasteiger partial charge in [0.2, 0.25) is 0 Å². The molecule has 34 heavy (non-hydrogen) atoms. The van der Waals surface area contributed by atoms with Gasteiger partial charge in [-0.25, -0.2) is 4.99 Å². The lowest BCUT2D eigenvalue weighted by atomic mass is 10.1. The Hall–Kier alpha value is -3.71. The molecule has 2 aromatic heterocycles. The summed E-state index contributed by atoms with van der Waals surface area (Å²) in [6.07, 6.45) is 4.64. The average Bonchev–Trinajstić information content (AvgIpc) is 3.49. The Labute approximate surface area is 202 Å². The van der Waals surface area contributed by atoms with E-state index in [2.05, 4.69) is 17.1 Å². The molecule has 0 atom stereocenters. The first kappa shape index (κ1) is 22.1. The molecule has 0 radical (unpaired) electrons. The van der Waals surface area contributed by atoms with Gasteiger partial charge in [-0.1, -0.05) is 18.2 Å². The zero-order valence-electron chi connectivity index (χ0n) is 19.3. The van der Waals surface area contributed by atoms with Gasteiger partial charge in [0.1, 0.15) is 17.3 Å². The Bertz CT molecular complexity index is 1410. The number of amides is 1. The summed E-state index contributed by atoms with van der Waals surface area (Å²) < 4.78 is 10.9. The monoisotopic (exact) mass is 471 g/mol. The van der Waals surface area contributed by atoms with Crippen LogP contribution in [0.3, 0.4) is 0 Å². The molecular formula is C27H25N3O3S. The number of methoxy groups -OCH3 is 1. The van der Waals surface area contributed by atoms with Gasteiger partial charge in [0.25, 0.3) is 5.91 Å². The first-order valence-corrected chi connectivity index (χ1v) is 11.9. The number of rotatable bonds is 6. The lowest BCUT2D eigenvalue weighted by Crippen LogP contribution is -2.31. The van der Waals surface area contributed by atoms with Gasteiger partial charge < -0.3 is 14.1 Å². The highest BCUT2D eigenvalue weighted by Gasteiger charge is 2.33. The van der Waals surface area contributed by atoms with Gasteiger partial charge >= 0.3 is 0 Å². The number of furan rings is 1. The SMILES string of the molecule is COc1ccc(N=C2S/C(=C\c3cc(C)oc3C)C(=O)N2CCc2c[nH]c3ccccc23)cc1. The van der Waals surface area contributed by atoms with Crippen LogP contribution in [0, 0.1) is 13.8 Å². The molecule has 1 aliphatic heterocycles.